The van der Waals surface area contributed by atoms with Gasteiger partial charge >= 0.3 is 0 Å². The molecule has 1 aliphatic rings. The Morgan fingerprint density at radius 1 is 1.07 bits per heavy atom. The maximum atomic E-state index is 13.0. The van der Waals surface area contributed by atoms with Gasteiger partial charge in [-0.15, -0.1) is 0 Å². The molecule has 1 saturated carbocycles. The van der Waals surface area contributed by atoms with Crippen LogP contribution < -0.4 is 9.46 Å². The molecule has 0 saturated heterocycles. The number of amides is 1. The van der Waals surface area contributed by atoms with Crippen molar-refractivity contribution < 1.29 is 22.7 Å². The fourth-order valence-electron chi connectivity index (χ4n) is 2.98. The van der Waals surface area contributed by atoms with Crippen molar-refractivity contribution in [3.63, 3.8) is 0 Å². The van der Waals surface area contributed by atoms with Crippen LogP contribution in [0.1, 0.15) is 28.8 Å². The van der Waals surface area contributed by atoms with Gasteiger partial charge in [0, 0.05) is 31.8 Å². The summed E-state index contributed by atoms with van der Waals surface area (Å²) >= 11 is 0. The van der Waals surface area contributed by atoms with Gasteiger partial charge < -0.3 is 14.4 Å². The highest BCUT2D eigenvalue weighted by molar-refractivity contribution is 7.89. The predicted octanol–water partition coefficient (Wildman–Crippen LogP) is 2.42. The average molecular weight is 419 g/mol. The lowest BCUT2D eigenvalue weighted by molar-refractivity contribution is 0.0730. The van der Waals surface area contributed by atoms with Crippen molar-refractivity contribution in [1.29, 1.82) is 0 Å². The van der Waals surface area contributed by atoms with Crippen molar-refractivity contribution in [2.24, 2.45) is 0 Å². The number of nitrogens with zero attached hydrogens (tertiary/aromatic N) is 1. The third kappa shape index (κ3) is 5.56. The molecule has 0 heterocycles. The molecule has 1 fully saturated rings. The zero-order valence-electron chi connectivity index (χ0n) is 16.6. The maximum absolute atomic E-state index is 13.0. The molecular weight excluding hydrogens is 392 g/mol. The standard InChI is InChI=1S/C21H26N2O5S/c1-27-14-13-22-29(25,26)20-11-5-17(6-12-20)21(24)23(18-7-8-18)15-16-3-9-19(28-2)10-4-16/h3-6,9-12,18,22H,7-8,13-15H2,1-2H3. The molecular formula is C21H26N2O5S. The summed E-state index contributed by atoms with van der Waals surface area (Å²) in [6.45, 7) is 0.987. The van der Waals surface area contributed by atoms with Gasteiger partial charge in [0.1, 0.15) is 5.75 Å². The van der Waals surface area contributed by atoms with Crippen molar-refractivity contribution >= 4 is 15.9 Å². The molecule has 0 atom stereocenters. The predicted molar refractivity (Wildman–Crippen MR) is 109 cm³/mol. The van der Waals surface area contributed by atoms with Crippen LogP contribution in [0, 0.1) is 0 Å². The number of methoxy groups -OCH3 is 2. The van der Waals surface area contributed by atoms with Gasteiger partial charge in [-0.25, -0.2) is 13.1 Å². The lowest BCUT2D eigenvalue weighted by atomic mass is 10.1. The Labute approximate surface area is 171 Å². The highest BCUT2D eigenvalue weighted by Gasteiger charge is 2.33. The number of hydrogen-bond donors (Lipinski definition) is 1. The lowest BCUT2D eigenvalue weighted by Gasteiger charge is -2.23. The monoisotopic (exact) mass is 418 g/mol. The molecule has 1 amide bonds. The second kappa shape index (κ2) is 9.39. The Morgan fingerprint density at radius 3 is 2.28 bits per heavy atom. The number of carbonyl (C=O) groups excluding carboxylic acids is 1. The van der Waals surface area contributed by atoms with E-state index in [1.165, 1.54) is 19.2 Å². The van der Waals surface area contributed by atoms with Crippen LogP contribution in [-0.4, -0.2) is 52.6 Å². The van der Waals surface area contributed by atoms with E-state index in [1.807, 2.05) is 29.2 Å². The number of sulfonamides is 1. The first-order valence-electron chi connectivity index (χ1n) is 9.47. The topological polar surface area (TPSA) is 84.9 Å². The first-order valence-corrected chi connectivity index (χ1v) is 11.0. The molecule has 0 unspecified atom stereocenters. The lowest BCUT2D eigenvalue weighted by Crippen LogP contribution is -2.32. The van der Waals surface area contributed by atoms with Crippen LogP contribution in [0.15, 0.2) is 53.4 Å². The smallest absolute Gasteiger partial charge is 0.254 e. The third-order valence-corrected chi connectivity index (χ3v) is 6.25. The molecule has 1 N–H and O–H groups in total. The zero-order chi connectivity index (χ0) is 20.9. The van der Waals surface area contributed by atoms with Gasteiger partial charge in [-0.05, 0) is 54.8 Å². The average Bonchev–Trinajstić information content (AvgIpc) is 3.57. The Morgan fingerprint density at radius 2 is 1.72 bits per heavy atom. The van der Waals surface area contributed by atoms with Gasteiger partial charge in [0.05, 0.1) is 18.6 Å². The largest absolute Gasteiger partial charge is 0.497 e. The fourth-order valence-corrected chi connectivity index (χ4v) is 4.00. The van der Waals surface area contributed by atoms with E-state index in [0.29, 0.717) is 12.1 Å². The normalized spacial score (nSPS) is 13.9. The summed E-state index contributed by atoms with van der Waals surface area (Å²) in [5.74, 6) is 0.675. The first-order chi connectivity index (χ1) is 13.9. The summed E-state index contributed by atoms with van der Waals surface area (Å²) in [6.07, 6.45) is 1.97. The molecule has 1 aliphatic carbocycles. The summed E-state index contributed by atoms with van der Waals surface area (Å²) in [5.41, 5.74) is 1.49. The summed E-state index contributed by atoms with van der Waals surface area (Å²) in [5, 5.41) is 0. The number of carbonyl (C=O) groups is 1. The highest BCUT2D eigenvalue weighted by Crippen LogP contribution is 2.30. The molecule has 3 rings (SSSR count). The van der Waals surface area contributed by atoms with Crippen LogP contribution in [0.25, 0.3) is 0 Å². The molecule has 8 heteroatoms. The van der Waals surface area contributed by atoms with Crippen molar-refractivity contribution in [2.45, 2.75) is 30.3 Å². The second-order valence-corrected chi connectivity index (χ2v) is 8.69. The van der Waals surface area contributed by atoms with Crippen LogP contribution in [0.3, 0.4) is 0 Å². The Hall–Kier alpha value is -2.42. The second-order valence-electron chi connectivity index (χ2n) is 6.93. The van der Waals surface area contributed by atoms with E-state index in [2.05, 4.69) is 4.72 Å². The minimum absolute atomic E-state index is 0.0976. The fraction of sp³-hybridized carbons (Fsp3) is 0.381. The molecule has 2 aromatic carbocycles. The van der Waals surface area contributed by atoms with Gasteiger partial charge in [0.25, 0.3) is 5.91 Å². The van der Waals surface area contributed by atoms with E-state index in [0.717, 1.165) is 24.2 Å². The maximum Gasteiger partial charge on any atom is 0.254 e. The summed E-state index contributed by atoms with van der Waals surface area (Å²) in [4.78, 5) is 15.0. The highest BCUT2D eigenvalue weighted by atomic mass is 32.2. The number of nitrogens with one attached hydrogen (secondary N) is 1. The van der Waals surface area contributed by atoms with E-state index in [9.17, 15) is 13.2 Å². The summed E-state index contributed by atoms with van der Waals surface area (Å²) in [6, 6.07) is 13.9. The van der Waals surface area contributed by atoms with Gasteiger partial charge in [-0.3, -0.25) is 4.79 Å². The van der Waals surface area contributed by atoms with Gasteiger partial charge in [-0.2, -0.15) is 0 Å². The SMILES string of the molecule is COCCNS(=O)(=O)c1ccc(C(=O)N(Cc2ccc(OC)cc2)C2CC2)cc1. The molecule has 0 radical (unpaired) electrons. The molecule has 2 aromatic rings. The Balaban J connectivity index is 1.71. The summed E-state index contributed by atoms with van der Waals surface area (Å²) in [7, 11) is -0.498. The molecule has 0 aromatic heterocycles. The van der Waals surface area contributed by atoms with Gasteiger partial charge in [0.2, 0.25) is 10.0 Å². The van der Waals surface area contributed by atoms with Gasteiger partial charge in [0.15, 0.2) is 0 Å². The quantitative estimate of drug-likeness (QED) is 0.599. The number of ether oxygens (including phenoxy) is 2. The van der Waals surface area contributed by atoms with Crippen LogP contribution in [0.5, 0.6) is 5.75 Å². The number of hydrogen-bond acceptors (Lipinski definition) is 5. The number of rotatable bonds is 10. The van der Waals surface area contributed by atoms with Crippen LogP contribution in [0.4, 0.5) is 0 Å². The number of benzene rings is 2. The van der Waals surface area contributed by atoms with E-state index in [-0.39, 0.29) is 30.0 Å². The zero-order valence-corrected chi connectivity index (χ0v) is 17.4. The first kappa shape index (κ1) is 21.3. The van der Waals surface area contributed by atoms with Crippen molar-refractivity contribution in [1.82, 2.24) is 9.62 Å². The van der Waals surface area contributed by atoms with Crippen LogP contribution >= 0.6 is 0 Å². The van der Waals surface area contributed by atoms with Gasteiger partial charge in [-0.1, -0.05) is 12.1 Å². The molecule has 0 bridgehead atoms. The van der Waals surface area contributed by atoms with Crippen LogP contribution in [0.2, 0.25) is 0 Å². The third-order valence-electron chi connectivity index (χ3n) is 4.77. The van der Waals surface area contributed by atoms with Crippen molar-refractivity contribution in [2.75, 3.05) is 27.4 Å². The molecule has 7 nitrogen and oxygen atoms in total. The minimum Gasteiger partial charge on any atom is -0.497 e. The Kier molecular flexibility index (Phi) is 6.89. The van der Waals surface area contributed by atoms with Crippen LogP contribution in [-0.2, 0) is 21.3 Å². The molecule has 0 spiro atoms. The minimum atomic E-state index is -3.62. The van der Waals surface area contributed by atoms with E-state index >= 15 is 0 Å². The van der Waals surface area contributed by atoms with Crippen molar-refractivity contribution in [3.05, 3.63) is 59.7 Å². The van der Waals surface area contributed by atoms with Crippen molar-refractivity contribution in [3.8, 4) is 5.75 Å². The summed E-state index contributed by atoms with van der Waals surface area (Å²) < 4.78 is 37.0. The van der Waals surface area contributed by atoms with E-state index < -0.39 is 10.0 Å². The molecule has 156 valence electrons. The van der Waals surface area contributed by atoms with E-state index in [1.54, 1.807) is 19.2 Å². The molecule has 0 aliphatic heterocycles. The van der Waals surface area contributed by atoms with E-state index in [4.69, 9.17) is 9.47 Å². The Bertz CT molecular complexity index is 923. The molecule has 29 heavy (non-hydrogen) atoms.